The third-order valence-electron chi connectivity index (χ3n) is 6.01. The lowest BCUT2D eigenvalue weighted by atomic mass is 10.0. The van der Waals surface area contributed by atoms with Crippen molar-refractivity contribution < 1.29 is 8.85 Å². The number of hydrogen-bond donors (Lipinski definition) is 0. The van der Waals surface area contributed by atoms with E-state index in [0.29, 0.717) is 5.54 Å². The van der Waals surface area contributed by atoms with Crippen molar-refractivity contribution in [3.63, 3.8) is 0 Å². The summed E-state index contributed by atoms with van der Waals surface area (Å²) in [6.45, 7) is 11.2. The molecular weight excluding hydrogens is 288 g/mol. The second-order valence-corrected chi connectivity index (χ2v) is 11.3. The average Bonchev–Trinajstić information content (AvgIpc) is 2.89. The van der Waals surface area contributed by atoms with E-state index in [1.165, 1.54) is 44.9 Å². The third kappa shape index (κ3) is 3.96. The molecule has 0 heterocycles. The summed E-state index contributed by atoms with van der Waals surface area (Å²) in [5.74, 6) is 1.58. The maximum Gasteiger partial charge on any atom is 0.345 e. The molecule has 2 atom stereocenters. The first-order valence-corrected chi connectivity index (χ1v) is 11.9. The summed E-state index contributed by atoms with van der Waals surface area (Å²) in [6, 6.07) is 0. The summed E-state index contributed by atoms with van der Waals surface area (Å²) in [5.41, 5.74) is 1.46. The minimum absolute atomic E-state index is 0.716. The Morgan fingerprint density at radius 1 is 0.773 bits per heavy atom. The molecule has 2 fully saturated rings. The van der Waals surface area contributed by atoms with Crippen molar-refractivity contribution in [1.29, 1.82) is 0 Å². The molecule has 0 aromatic rings. The van der Waals surface area contributed by atoms with Gasteiger partial charge in [-0.15, -0.1) is 0 Å². The maximum atomic E-state index is 6.76. The van der Waals surface area contributed by atoms with Crippen molar-refractivity contribution in [1.82, 2.24) is 0 Å². The molecule has 0 radical (unpaired) electrons. The van der Waals surface area contributed by atoms with Crippen LogP contribution in [0.25, 0.3) is 0 Å². The van der Waals surface area contributed by atoms with Crippen LogP contribution in [-0.4, -0.2) is 21.8 Å². The normalized spacial score (nSPS) is 30.8. The van der Waals surface area contributed by atoms with Crippen molar-refractivity contribution in [3.8, 4) is 0 Å². The van der Waals surface area contributed by atoms with Gasteiger partial charge in [0, 0.05) is 24.3 Å². The Hall–Kier alpha value is 0.137. The highest BCUT2D eigenvalue weighted by Crippen LogP contribution is 2.54. The Kier molecular flexibility index (Phi) is 7.42. The maximum absolute atomic E-state index is 6.76. The minimum atomic E-state index is -2.13. The van der Waals surface area contributed by atoms with Gasteiger partial charge in [0.15, 0.2) is 0 Å². The van der Waals surface area contributed by atoms with Crippen LogP contribution >= 0.6 is 0 Å². The van der Waals surface area contributed by atoms with E-state index in [0.717, 1.165) is 43.4 Å². The lowest BCUT2D eigenvalue weighted by molar-refractivity contribution is 0.130. The molecule has 22 heavy (non-hydrogen) atoms. The van der Waals surface area contributed by atoms with E-state index >= 15 is 0 Å². The zero-order valence-corrected chi connectivity index (χ0v) is 16.4. The minimum Gasteiger partial charge on any atom is -0.394 e. The van der Waals surface area contributed by atoms with Gasteiger partial charge < -0.3 is 8.85 Å². The second kappa shape index (κ2) is 8.84. The monoisotopic (exact) mass is 326 g/mol. The van der Waals surface area contributed by atoms with E-state index in [2.05, 4.69) is 27.7 Å². The lowest BCUT2D eigenvalue weighted by Gasteiger charge is -2.46. The Bertz CT molecular complexity index is 297. The third-order valence-corrected chi connectivity index (χ3v) is 11.1. The summed E-state index contributed by atoms with van der Waals surface area (Å²) in [7, 11) is -2.13. The topological polar surface area (TPSA) is 18.5 Å². The van der Waals surface area contributed by atoms with Gasteiger partial charge in [-0.3, -0.25) is 0 Å². The molecule has 130 valence electrons. The van der Waals surface area contributed by atoms with E-state index in [-0.39, 0.29) is 0 Å². The predicted molar refractivity (Wildman–Crippen MR) is 96.4 cm³/mol. The summed E-state index contributed by atoms with van der Waals surface area (Å²) in [5, 5.41) is 0. The van der Waals surface area contributed by atoms with Gasteiger partial charge in [-0.2, -0.15) is 0 Å². The fraction of sp³-hybridized carbons (Fsp3) is 1.00. The molecule has 0 spiro atoms. The highest BCUT2D eigenvalue weighted by atomic mass is 28.4. The second-order valence-electron chi connectivity index (χ2n) is 7.81. The van der Waals surface area contributed by atoms with Gasteiger partial charge in [0.05, 0.1) is 0 Å². The number of rotatable bonds is 8. The molecule has 0 saturated heterocycles. The van der Waals surface area contributed by atoms with Gasteiger partial charge in [0.25, 0.3) is 0 Å². The van der Waals surface area contributed by atoms with Crippen LogP contribution in [0.1, 0.15) is 85.5 Å². The van der Waals surface area contributed by atoms with E-state index in [4.69, 9.17) is 8.85 Å². The molecule has 0 bridgehead atoms. The molecule has 2 unspecified atom stereocenters. The molecule has 0 N–H and O–H groups in total. The standard InChI is InChI=1S/C19H38O2Si/c1-5-14-20-22(21-15-6-2,18-10-8-7-9-11-18)19-16(3)12-13-17(19)4/h16-19H,5-15H2,1-4H3. The highest BCUT2D eigenvalue weighted by molar-refractivity contribution is 6.70. The molecule has 0 aromatic heterocycles. The van der Waals surface area contributed by atoms with Gasteiger partial charge in [0.1, 0.15) is 0 Å². The quantitative estimate of drug-likeness (QED) is 0.505. The molecule has 0 aromatic carbocycles. The van der Waals surface area contributed by atoms with E-state index in [9.17, 15) is 0 Å². The largest absolute Gasteiger partial charge is 0.394 e. The molecule has 2 saturated carbocycles. The lowest BCUT2D eigenvalue weighted by Crippen LogP contribution is -2.54. The van der Waals surface area contributed by atoms with Crippen LogP contribution in [0, 0.1) is 11.8 Å². The van der Waals surface area contributed by atoms with Gasteiger partial charge in [0.2, 0.25) is 0 Å². The Labute approximate surface area is 139 Å². The Morgan fingerprint density at radius 3 is 1.73 bits per heavy atom. The summed E-state index contributed by atoms with van der Waals surface area (Å²) in [4.78, 5) is 0. The molecule has 2 aliphatic carbocycles. The summed E-state index contributed by atoms with van der Waals surface area (Å²) < 4.78 is 13.5. The molecule has 2 nitrogen and oxygen atoms in total. The zero-order valence-electron chi connectivity index (χ0n) is 15.4. The SMILES string of the molecule is CCCO[Si](OCCC)(C1CCCCC1)C1C(C)CCC1C. The van der Waals surface area contributed by atoms with Crippen molar-refractivity contribution >= 4 is 8.56 Å². The first kappa shape index (κ1) is 18.5. The Morgan fingerprint density at radius 2 is 1.27 bits per heavy atom. The van der Waals surface area contributed by atoms with Gasteiger partial charge in [-0.05, 0) is 37.5 Å². The van der Waals surface area contributed by atoms with Crippen LogP contribution in [-0.2, 0) is 8.85 Å². The van der Waals surface area contributed by atoms with Crippen LogP contribution in [0.4, 0.5) is 0 Å². The van der Waals surface area contributed by atoms with Gasteiger partial charge in [-0.25, -0.2) is 0 Å². The molecule has 2 aliphatic rings. The van der Waals surface area contributed by atoms with Gasteiger partial charge >= 0.3 is 8.56 Å². The van der Waals surface area contributed by atoms with E-state index in [1.807, 2.05) is 0 Å². The molecule has 2 rings (SSSR count). The van der Waals surface area contributed by atoms with Crippen molar-refractivity contribution in [2.24, 2.45) is 11.8 Å². The molecule has 0 aliphatic heterocycles. The van der Waals surface area contributed by atoms with Crippen molar-refractivity contribution in [2.45, 2.75) is 96.6 Å². The van der Waals surface area contributed by atoms with Crippen LogP contribution < -0.4 is 0 Å². The molecular formula is C19H38O2Si. The first-order chi connectivity index (χ1) is 10.7. The molecule has 0 amide bonds. The van der Waals surface area contributed by atoms with E-state index < -0.39 is 8.56 Å². The van der Waals surface area contributed by atoms with Crippen molar-refractivity contribution in [2.75, 3.05) is 13.2 Å². The fourth-order valence-electron chi connectivity index (χ4n) is 5.01. The molecule has 3 heteroatoms. The Balaban J connectivity index is 2.28. The predicted octanol–water partition coefficient (Wildman–Crippen LogP) is 6.05. The average molecular weight is 327 g/mol. The van der Waals surface area contributed by atoms with Crippen LogP contribution in [0.5, 0.6) is 0 Å². The fourth-order valence-corrected chi connectivity index (χ4v) is 10.7. The summed E-state index contributed by atoms with van der Waals surface area (Å²) in [6.07, 6.45) is 11.9. The zero-order chi connectivity index (χ0) is 16.0. The van der Waals surface area contributed by atoms with E-state index in [1.54, 1.807) is 0 Å². The van der Waals surface area contributed by atoms with Crippen LogP contribution in [0.2, 0.25) is 11.1 Å². The smallest absolute Gasteiger partial charge is 0.345 e. The van der Waals surface area contributed by atoms with Crippen molar-refractivity contribution in [3.05, 3.63) is 0 Å². The van der Waals surface area contributed by atoms with Crippen LogP contribution in [0.15, 0.2) is 0 Å². The summed E-state index contributed by atoms with van der Waals surface area (Å²) >= 11 is 0. The van der Waals surface area contributed by atoms with Gasteiger partial charge in [-0.1, -0.05) is 59.8 Å². The first-order valence-electron chi connectivity index (χ1n) is 9.93. The van der Waals surface area contributed by atoms with Crippen LogP contribution in [0.3, 0.4) is 0 Å². The number of hydrogen-bond acceptors (Lipinski definition) is 2. The highest BCUT2D eigenvalue weighted by Gasteiger charge is 2.57.